The molecule has 3 nitrogen and oxygen atoms in total. The molecule has 0 saturated heterocycles. The maximum absolute atomic E-state index is 9.42. The highest BCUT2D eigenvalue weighted by Gasteiger charge is 2.00. The van der Waals surface area contributed by atoms with Crippen molar-refractivity contribution >= 4 is 5.69 Å². The van der Waals surface area contributed by atoms with Gasteiger partial charge in [0.15, 0.2) is 0 Å². The average Bonchev–Trinajstić information content (AvgIpc) is 2.23. The molecule has 1 aromatic carbocycles. The molecule has 3 heteroatoms. The predicted octanol–water partition coefficient (Wildman–Crippen LogP) is 2.04. The van der Waals surface area contributed by atoms with E-state index in [1.165, 1.54) is 0 Å². The maximum Gasteiger partial charge on any atom is 0.139 e. The average molecular weight is 186 g/mol. The monoisotopic (exact) mass is 186 g/mol. The van der Waals surface area contributed by atoms with Crippen LogP contribution in [0.15, 0.2) is 42.7 Å². The molecule has 14 heavy (non-hydrogen) atoms. The lowest BCUT2D eigenvalue weighted by molar-refractivity contribution is 0.478. The highest BCUT2D eigenvalue weighted by Crippen LogP contribution is 2.26. The summed E-state index contributed by atoms with van der Waals surface area (Å²) in [5, 5.41) is 9.42. The molecule has 0 unspecified atom stereocenters. The van der Waals surface area contributed by atoms with E-state index >= 15 is 0 Å². The van der Waals surface area contributed by atoms with Crippen LogP contribution in [0.3, 0.4) is 0 Å². The number of nitrogens with zero attached hydrogens (tertiary/aromatic N) is 1. The molecular weight excluding hydrogens is 176 g/mol. The summed E-state index contributed by atoms with van der Waals surface area (Å²) < 4.78 is 0. The standard InChI is InChI=1S/C11H10N2O/c12-10-4-3-8(6-11(10)14)9-2-1-5-13-7-9/h1-7,14H,12H2. The van der Waals surface area contributed by atoms with Crippen LogP contribution in [0.1, 0.15) is 0 Å². The molecule has 70 valence electrons. The van der Waals surface area contributed by atoms with Gasteiger partial charge in [0, 0.05) is 18.0 Å². The number of nitrogen functional groups attached to an aromatic ring is 1. The Bertz CT molecular complexity index is 440. The van der Waals surface area contributed by atoms with Gasteiger partial charge in [-0.3, -0.25) is 4.98 Å². The Labute approximate surface area is 81.8 Å². The Balaban J connectivity index is 2.48. The molecule has 0 amide bonds. The SMILES string of the molecule is Nc1ccc(-c2cccnc2)cc1O. The summed E-state index contributed by atoms with van der Waals surface area (Å²) in [4.78, 5) is 4.00. The Morgan fingerprint density at radius 2 is 2.00 bits per heavy atom. The van der Waals surface area contributed by atoms with Crippen LogP contribution in [0.5, 0.6) is 5.75 Å². The molecule has 0 atom stereocenters. The van der Waals surface area contributed by atoms with Crippen LogP contribution in [0.4, 0.5) is 5.69 Å². The van der Waals surface area contributed by atoms with Crippen molar-refractivity contribution in [3.05, 3.63) is 42.7 Å². The molecule has 0 spiro atoms. The summed E-state index contributed by atoms with van der Waals surface area (Å²) in [6.45, 7) is 0. The van der Waals surface area contributed by atoms with Crippen LogP contribution in [-0.2, 0) is 0 Å². The van der Waals surface area contributed by atoms with Gasteiger partial charge in [-0.1, -0.05) is 12.1 Å². The minimum atomic E-state index is 0.103. The number of phenols is 1. The summed E-state index contributed by atoms with van der Waals surface area (Å²) in [5.74, 6) is 0.103. The molecular formula is C11H10N2O. The van der Waals surface area contributed by atoms with E-state index in [1.54, 1.807) is 24.5 Å². The van der Waals surface area contributed by atoms with Gasteiger partial charge >= 0.3 is 0 Å². The fourth-order valence-corrected chi connectivity index (χ4v) is 1.26. The number of phenolic OH excluding ortho intramolecular Hbond substituents is 1. The largest absolute Gasteiger partial charge is 0.506 e. The second kappa shape index (κ2) is 3.38. The van der Waals surface area contributed by atoms with Crippen LogP contribution >= 0.6 is 0 Å². The second-order valence-electron chi connectivity index (χ2n) is 3.02. The van der Waals surface area contributed by atoms with Crippen molar-refractivity contribution in [2.24, 2.45) is 0 Å². The van der Waals surface area contributed by atoms with Crippen molar-refractivity contribution in [2.45, 2.75) is 0 Å². The lowest BCUT2D eigenvalue weighted by atomic mass is 10.1. The zero-order valence-electron chi connectivity index (χ0n) is 7.51. The summed E-state index contributed by atoms with van der Waals surface area (Å²) in [5.41, 5.74) is 7.76. The van der Waals surface area contributed by atoms with Crippen molar-refractivity contribution in [3.8, 4) is 16.9 Å². The van der Waals surface area contributed by atoms with E-state index in [-0.39, 0.29) is 5.75 Å². The van der Waals surface area contributed by atoms with E-state index < -0.39 is 0 Å². The van der Waals surface area contributed by atoms with Crippen molar-refractivity contribution in [1.29, 1.82) is 0 Å². The third kappa shape index (κ3) is 1.52. The van der Waals surface area contributed by atoms with Gasteiger partial charge in [0.25, 0.3) is 0 Å². The van der Waals surface area contributed by atoms with Gasteiger partial charge in [0.2, 0.25) is 0 Å². The van der Waals surface area contributed by atoms with Crippen LogP contribution in [-0.4, -0.2) is 10.1 Å². The summed E-state index contributed by atoms with van der Waals surface area (Å²) in [6, 6.07) is 8.94. The molecule has 0 bridgehead atoms. The van der Waals surface area contributed by atoms with Crippen LogP contribution in [0, 0.1) is 0 Å². The molecule has 3 N–H and O–H groups in total. The molecule has 0 saturated carbocycles. The number of pyridine rings is 1. The number of hydrogen-bond acceptors (Lipinski definition) is 3. The Morgan fingerprint density at radius 3 is 2.64 bits per heavy atom. The molecule has 0 fully saturated rings. The van der Waals surface area contributed by atoms with Gasteiger partial charge in [0.05, 0.1) is 5.69 Å². The quantitative estimate of drug-likeness (QED) is 0.529. The maximum atomic E-state index is 9.42. The summed E-state index contributed by atoms with van der Waals surface area (Å²) >= 11 is 0. The van der Waals surface area contributed by atoms with Crippen LogP contribution < -0.4 is 5.73 Å². The summed E-state index contributed by atoms with van der Waals surface area (Å²) in [6.07, 6.45) is 3.45. The number of rotatable bonds is 1. The molecule has 0 radical (unpaired) electrons. The zero-order valence-corrected chi connectivity index (χ0v) is 7.51. The van der Waals surface area contributed by atoms with Gasteiger partial charge in [-0.25, -0.2) is 0 Å². The smallest absolute Gasteiger partial charge is 0.139 e. The van der Waals surface area contributed by atoms with Crippen molar-refractivity contribution in [2.75, 3.05) is 5.73 Å². The number of hydrogen-bond donors (Lipinski definition) is 2. The highest BCUT2D eigenvalue weighted by molar-refractivity contribution is 5.68. The van der Waals surface area contributed by atoms with Crippen molar-refractivity contribution in [3.63, 3.8) is 0 Å². The molecule has 0 aliphatic carbocycles. The number of benzene rings is 1. The number of nitrogens with two attached hydrogens (primary N) is 1. The Hall–Kier alpha value is -2.03. The fourth-order valence-electron chi connectivity index (χ4n) is 1.26. The third-order valence-corrected chi connectivity index (χ3v) is 2.03. The van der Waals surface area contributed by atoms with Gasteiger partial charge in [-0.15, -0.1) is 0 Å². The second-order valence-corrected chi connectivity index (χ2v) is 3.02. The first-order valence-electron chi connectivity index (χ1n) is 4.26. The molecule has 1 aromatic heterocycles. The zero-order chi connectivity index (χ0) is 9.97. The lowest BCUT2D eigenvalue weighted by Crippen LogP contribution is -1.86. The highest BCUT2D eigenvalue weighted by atomic mass is 16.3. The van der Waals surface area contributed by atoms with E-state index in [4.69, 9.17) is 5.73 Å². The van der Waals surface area contributed by atoms with Crippen molar-refractivity contribution in [1.82, 2.24) is 4.98 Å². The number of anilines is 1. The normalized spacial score (nSPS) is 10.0. The van der Waals surface area contributed by atoms with Gasteiger partial charge in [0.1, 0.15) is 5.75 Å². The Kier molecular flexibility index (Phi) is 2.07. The first-order valence-corrected chi connectivity index (χ1v) is 4.26. The first kappa shape index (κ1) is 8.56. The topological polar surface area (TPSA) is 59.1 Å². The molecule has 0 aliphatic rings. The van der Waals surface area contributed by atoms with E-state index in [0.29, 0.717) is 5.69 Å². The molecule has 1 heterocycles. The van der Waals surface area contributed by atoms with Gasteiger partial charge in [-0.05, 0) is 23.8 Å². The number of aromatic hydroxyl groups is 1. The van der Waals surface area contributed by atoms with Crippen LogP contribution in [0.2, 0.25) is 0 Å². The minimum Gasteiger partial charge on any atom is -0.506 e. The number of aromatic nitrogens is 1. The predicted molar refractivity (Wildman–Crippen MR) is 55.8 cm³/mol. The fraction of sp³-hybridized carbons (Fsp3) is 0. The van der Waals surface area contributed by atoms with E-state index in [2.05, 4.69) is 4.98 Å². The van der Waals surface area contributed by atoms with E-state index in [9.17, 15) is 5.11 Å². The van der Waals surface area contributed by atoms with E-state index in [1.807, 2.05) is 18.2 Å². The lowest BCUT2D eigenvalue weighted by Gasteiger charge is -2.03. The van der Waals surface area contributed by atoms with Gasteiger partial charge in [-0.2, -0.15) is 0 Å². The minimum absolute atomic E-state index is 0.103. The molecule has 0 aliphatic heterocycles. The summed E-state index contributed by atoms with van der Waals surface area (Å²) in [7, 11) is 0. The van der Waals surface area contributed by atoms with E-state index in [0.717, 1.165) is 11.1 Å². The van der Waals surface area contributed by atoms with Crippen molar-refractivity contribution < 1.29 is 5.11 Å². The van der Waals surface area contributed by atoms with Crippen LogP contribution in [0.25, 0.3) is 11.1 Å². The molecule has 2 aromatic rings. The first-order chi connectivity index (χ1) is 6.77. The third-order valence-electron chi connectivity index (χ3n) is 2.03. The molecule has 2 rings (SSSR count). The Morgan fingerprint density at radius 1 is 1.14 bits per heavy atom. The van der Waals surface area contributed by atoms with Gasteiger partial charge < -0.3 is 10.8 Å².